The van der Waals surface area contributed by atoms with Crippen LogP contribution in [0.4, 0.5) is 5.69 Å². The number of methoxy groups -OCH3 is 1. The molecule has 0 aromatic heterocycles. The molecule has 0 bridgehead atoms. The van der Waals surface area contributed by atoms with Crippen molar-refractivity contribution >= 4 is 17.6 Å². The summed E-state index contributed by atoms with van der Waals surface area (Å²) >= 11 is 0. The van der Waals surface area contributed by atoms with E-state index in [-0.39, 0.29) is 5.91 Å². The maximum atomic E-state index is 12.9. The van der Waals surface area contributed by atoms with Gasteiger partial charge in [-0.15, -0.1) is 0 Å². The molecule has 0 spiro atoms. The van der Waals surface area contributed by atoms with E-state index >= 15 is 0 Å². The number of carbonyl (C=O) groups is 2. The lowest BCUT2D eigenvalue weighted by atomic mass is 9.55. The highest BCUT2D eigenvalue weighted by Gasteiger charge is 2.47. The Morgan fingerprint density at radius 3 is 2.58 bits per heavy atom. The number of benzene rings is 2. The summed E-state index contributed by atoms with van der Waals surface area (Å²) in [6.45, 7) is 1.90. The standard InChI is InChI=1S/C27H33NO3/c1-19-8-6-12-23(26(30)31-2)25(19)28-24(29)14-17-27-15-7-11-21(18-22(27)13-16-27)20-9-4-3-5-10-20/h3-6,8-10,12,21-22H,7,11,13-18H2,1-2H3,(H,28,29). The lowest BCUT2D eigenvalue weighted by Crippen LogP contribution is -2.40. The minimum Gasteiger partial charge on any atom is -0.465 e. The molecule has 4 heteroatoms. The Morgan fingerprint density at radius 1 is 1.06 bits per heavy atom. The van der Waals surface area contributed by atoms with E-state index in [4.69, 9.17) is 4.74 Å². The second-order valence-electron chi connectivity index (χ2n) is 9.37. The van der Waals surface area contributed by atoms with Crippen LogP contribution in [0, 0.1) is 18.3 Å². The monoisotopic (exact) mass is 419 g/mol. The van der Waals surface area contributed by atoms with Crippen LogP contribution in [0.25, 0.3) is 0 Å². The highest BCUT2D eigenvalue weighted by molar-refractivity contribution is 6.02. The third-order valence-electron chi connectivity index (χ3n) is 7.72. The maximum Gasteiger partial charge on any atom is 0.339 e. The average molecular weight is 420 g/mol. The highest BCUT2D eigenvalue weighted by atomic mass is 16.5. The van der Waals surface area contributed by atoms with Crippen molar-refractivity contribution in [2.45, 2.75) is 64.2 Å². The van der Waals surface area contributed by atoms with Crippen molar-refractivity contribution in [3.63, 3.8) is 0 Å². The largest absolute Gasteiger partial charge is 0.465 e. The maximum absolute atomic E-state index is 12.9. The molecule has 0 saturated heterocycles. The Labute approximate surface area is 185 Å². The number of fused-ring (bicyclic) bond motifs is 1. The Morgan fingerprint density at radius 2 is 1.87 bits per heavy atom. The topological polar surface area (TPSA) is 55.4 Å². The van der Waals surface area contributed by atoms with Crippen molar-refractivity contribution in [1.82, 2.24) is 0 Å². The van der Waals surface area contributed by atoms with Gasteiger partial charge >= 0.3 is 5.97 Å². The van der Waals surface area contributed by atoms with Gasteiger partial charge in [-0.1, -0.05) is 48.9 Å². The molecule has 1 amide bonds. The second-order valence-corrected chi connectivity index (χ2v) is 9.37. The van der Waals surface area contributed by atoms with Gasteiger partial charge in [-0.3, -0.25) is 4.79 Å². The summed E-state index contributed by atoms with van der Waals surface area (Å²) in [5, 5.41) is 3.00. The van der Waals surface area contributed by atoms with Crippen LogP contribution in [0.5, 0.6) is 0 Å². The Hall–Kier alpha value is -2.62. The molecular formula is C27H33NO3. The van der Waals surface area contributed by atoms with Crippen LogP contribution in [0.3, 0.4) is 0 Å². The number of anilines is 1. The molecule has 3 atom stereocenters. The molecule has 2 saturated carbocycles. The van der Waals surface area contributed by atoms with Crippen molar-refractivity contribution in [1.29, 1.82) is 0 Å². The van der Waals surface area contributed by atoms with E-state index < -0.39 is 5.97 Å². The van der Waals surface area contributed by atoms with Gasteiger partial charge < -0.3 is 10.1 Å². The molecule has 164 valence electrons. The van der Waals surface area contributed by atoms with Gasteiger partial charge in [0.2, 0.25) is 5.91 Å². The van der Waals surface area contributed by atoms with Crippen LogP contribution in [0.2, 0.25) is 0 Å². The van der Waals surface area contributed by atoms with Crippen LogP contribution in [0.15, 0.2) is 48.5 Å². The smallest absolute Gasteiger partial charge is 0.339 e. The van der Waals surface area contributed by atoms with E-state index in [1.165, 1.54) is 51.2 Å². The fraction of sp³-hybridized carbons (Fsp3) is 0.481. The number of esters is 1. The van der Waals surface area contributed by atoms with Gasteiger partial charge in [-0.25, -0.2) is 4.79 Å². The number of ether oxygens (including phenoxy) is 1. The molecular weight excluding hydrogens is 386 g/mol. The third-order valence-corrected chi connectivity index (χ3v) is 7.72. The van der Waals surface area contributed by atoms with Gasteiger partial charge in [0.15, 0.2) is 0 Å². The van der Waals surface area contributed by atoms with Crippen molar-refractivity contribution < 1.29 is 14.3 Å². The summed E-state index contributed by atoms with van der Waals surface area (Å²) in [6.07, 6.45) is 8.93. The van der Waals surface area contributed by atoms with Gasteiger partial charge in [0, 0.05) is 6.42 Å². The number of hydrogen-bond acceptors (Lipinski definition) is 3. The summed E-state index contributed by atoms with van der Waals surface area (Å²) in [5.74, 6) is 0.935. The van der Waals surface area contributed by atoms with Gasteiger partial charge in [0.1, 0.15) is 0 Å². The van der Waals surface area contributed by atoms with Gasteiger partial charge in [-0.2, -0.15) is 0 Å². The fourth-order valence-corrected chi connectivity index (χ4v) is 5.78. The molecule has 1 N–H and O–H groups in total. The van der Waals surface area contributed by atoms with Crippen molar-refractivity contribution in [2.24, 2.45) is 11.3 Å². The molecule has 2 aliphatic rings. The normalized spacial score (nSPS) is 25.0. The van der Waals surface area contributed by atoms with Crippen LogP contribution >= 0.6 is 0 Å². The molecule has 0 radical (unpaired) electrons. The lowest BCUT2D eigenvalue weighted by Gasteiger charge is -2.50. The summed E-state index contributed by atoms with van der Waals surface area (Å²) in [4.78, 5) is 24.9. The van der Waals surface area contributed by atoms with E-state index in [2.05, 4.69) is 35.6 Å². The molecule has 0 heterocycles. The van der Waals surface area contributed by atoms with Crippen LogP contribution < -0.4 is 5.32 Å². The van der Waals surface area contributed by atoms with Crippen LogP contribution in [-0.2, 0) is 9.53 Å². The minimum absolute atomic E-state index is 0.0108. The highest BCUT2D eigenvalue weighted by Crippen LogP contribution is 2.59. The summed E-state index contributed by atoms with van der Waals surface area (Å²) in [7, 11) is 1.36. The number of carbonyl (C=O) groups excluding carboxylic acids is 2. The Bertz CT molecular complexity index is 939. The first-order chi connectivity index (χ1) is 15.0. The number of aryl methyl sites for hydroxylation is 1. The van der Waals surface area contributed by atoms with Crippen LogP contribution in [0.1, 0.15) is 78.8 Å². The number of nitrogens with one attached hydrogen (secondary N) is 1. The number of hydrogen-bond donors (Lipinski definition) is 1. The van der Waals surface area contributed by atoms with Crippen molar-refractivity contribution in [3.8, 4) is 0 Å². The van der Waals surface area contributed by atoms with E-state index in [0.717, 1.165) is 17.9 Å². The van der Waals surface area contributed by atoms with Gasteiger partial charge in [0.05, 0.1) is 18.4 Å². The summed E-state index contributed by atoms with van der Waals surface area (Å²) in [5.41, 5.74) is 3.65. The third kappa shape index (κ3) is 4.53. The first kappa shape index (κ1) is 21.6. The number of rotatable bonds is 6. The zero-order valence-electron chi connectivity index (χ0n) is 18.7. The molecule has 2 aromatic rings. The fourth-order valence-electron chi connectivity index (χ4n) is 5.78. The quantitative estimate of drug-likeness (QED) is 0.563. The molecule has 31 heavy (non-hydrogen) atoms. The van der Waals surface area contributed by atoms with E-state index in [0.29, 0.717) is 29.0 Å². The zero-order valence-corrected chi connectivity index (χ0v) is 18.7. The molecule has 2 aliphatic carbocycles. The molecule has 0 aliphatic heterocycles. The van der Waals surface area contributed by atoms with Gasteiger partial charge in [-0.05, 0) is 79.9 Å². The predicted octanol–water partition coefficient (Wildman–Crippen LogP) is 6.25. The number of amides is 1. The van der Waals surface area contributed by atoms with Crippen molar-refractivity contribution in [3.05, 3.63) is 65.2 Å². The van der Waals surface area contributed by atoms with E-state index in [1.807, 2.05) is 19.1 Å². The van der Waals surface area contributed by atoms with E-state index in [9.17, 15) is 9.59 Å². The lowest BCUT2D eigenvalue weighted by molar-refractivity contribution is -0.117. The van der Waals surface area contributed by atoms with E-state index in [1.54, 1.807) is 6.07 Å². The molecule has 2 aromatic carbocycles. The Kier molecular flexibility index (Phi) is 6.45. The van der Waals surface area contributed by atoms with Gasteiger partial charge in [0.25, 0.3) is 0 Å². The minimum atomic E-state index is -0.424. The second kappa shape index (κ2) is 9.25. The van der Waals surface area contributed by atoms with Crippen LogP contribution in [-0.4, -0.2) is 19.0 Å². The van der Waals surface area contributed by atoms with Crippen molar-refractivity contribution in [2.75, 3.05) is 12.4 Å². The number of para-hydroxylation sites is 1. The predicted molar refractivity (Wildman–Crippen MR) is 123 cm³/mol. The first-order valence-electron chi connectivity index (χ1n) is 11.5. The molecule has 4 nitrogen and oxygen atoms in total. The average Bonchev–Trinajstić information content (AvgIpc) is 2.90. The zero-order chi connectivity index (χ0) is 21.8. The molecule has 3 unspecified atom stereocenters. The summed E-state index contributed by atoms with van der Waals surface area (Å²) < 4.78 is 4.88. The molecule has 4 rings (SSSR count). The summed E-state index contributed by atoms with van der Waals surface area (Å²) in [6, 6.07) is 16.3. The molecule has 2 fully saturated rings. The first-order valence-corrected chi connectivity index (χ1v) is 11.5. The SMILES string of the molecule is COC(=O)c1cccc(C)c1NC(=O)CCC12CCCC(c3ccccc3)CC1CC2. The Balaban J connectivity index is 1.40.